The topological polar surface area (TPSA) is 84.9 Å². The molecule has 1 saturated carbocycles. The Morgan fingerprint density at radius 2 is 1.83 bits per heavy atom. The van der Waals surface area contributed by atoms with Gasteiger partial charge in [0.15, 0.2) is 0 Å². The summed E-state index contributed by atoms with van der Waals surface area (Å²) < 4.78 is 10.9. The predicted octanol–water partition coefficient (Wildman–Crippen LogP) is 2.47. The van der Waals surface area contributed by atoms with Crippen molar-refractivity contribution in [1.82, 2.24) is 5.32 Å². The Balaban J connectivity index is 1.74. The molecule has 6 heteroatoms. The third kappa shape index (κ3) is 5.15. The largest absolute Gasteiger partial charge is 0.497 e. The molecule has 24 heavy (non-hydrogen) atoms. The van der Waals surface area contributed by atoms with Gasteiger partial charge in [0.1, 0.15) is 17.6 Å². The second kappa shape index (κ2) is 8.57. The number of methoxy groups -OCH3 is 1. The fourth-order valence-corrected chi connectivity index (χ4v) is 2.94. The first-order valence-corrected chi connectivity index (χ1v) is 8.30. The number of rotatable bonds is 7. The van der Waals surface area contributed by atoms with E-state index in [9.17, 15) is 9.59 Å². The van der Waals surface area contributed by atoms with Crippen molar-refractivity contribution in [2.75, 3.05) is 13.7 Å². The van der Waals surface area contributed by atoms with Gasteiger partial charge in [-0.25, -0.2) is 0 Å². The van der Waals surface area contributed by atoms with Gasteiger partial charge in [-0.2, -0.15) is 0 Å². The molecule has 1 aliphatic carbocycles. The van der Waals surface area contributed by atoms with E-state index >= 15 is 0 Å². The van der Waals surface area contributed by atoms with Gasteiger partial charge >= 0.3 is 5.97 Å². The van der Waals surface area contributed by atoms with Crippen LogP contribution in [-0.4, -0.2) is 36.7 Å². The highest BCUT2D eigenvalue weighted by molar-refractivity contribution is 5.79. The van der Waals surface area contributed by atoms with E-state index in [2.05, 4.69) is 5.32 Å². The molecule has 1 atom stereocenters. The van der Waals surface area contributed by atoms with Gasteiger partial charge in [-0.1, -0.05) is 6.07 Å². The summed E-state index contributed by atoms with van der Waals surface area (Å²) in [4.78, 5) is 23.1. The molecule has 1 amide bonds. The second-order valence-electron chi connectivity index (χ2n) is 6.24. The molecular weight excluding hydrogens is 310 g/mol. The lowest BCUT2D eigenvalue weighted by Crippen LogP contribution is -2.39. The third-order valence-electron chi connectivity index (χ3n) is 4.39. The summed E-state index contributed by atoms with van der Waals surface area (Å²) >= 11 is 0. The molecule has 1 aromatic rings. The Bertz CT molecular complexity index is 566. The first-order chi connectivity index (χ1) is 11.5. The minimum atomic E-state index is -0.755. The van der Waals surface area contributed by atoms with Crippen molar-refractivity contribution in [3.05, 3.63) is 24.3 Å². The minimum Gasteiger partial charge on any atom is -0.497 e. The molecule has 0 spiro atoms. The maximum absolute atomic E-state index is 12.2. The SMILES string of the molecule is COc1cccc(OC(C)CNC(=O)C2CCC(C(=O)O)CC2)c1. The lowest BCUT2D eigenvalue weighted by atomic mass is 9.81. The number of aliphatic carboxylic acids is 1. The number of ether oxygens (including phenoxy) is 2. The van der Waals surface area contributed by atoms with Crippen LogP contribution >= 0.6 is 0 Å². The molecule has 0 heterocycles. The van der Waals surface area contributed by atoms with E-state index < -0.39 is 5.97 Å². The normalized spacial score (nSPS) is 21.6. The van der Waals surface area contributed by atoms with E-state index in [1.54, 1.807) is 13.2 Å². The summed E-state index contributed by atoms with van der Waals surface area (Å²) in [6.07, 6.45) is 2.24. The van der Waals surface area contributed by atoms with Gasteiger partial charge in [-0.05, 0) is 44.7 Å². The number of benzene rings is 1. The maximum Gasteiger partial charge on any atom is 0.306 e. The molecule has 2 N–H and O–H groups in total. The number of hydrogen-bond donors (Lipinski definition) is 2. The molecular formula is C18H25NO5. The summed E-state index contributed by atoms with van der Waals surface area (Å²) in [6.45, 7) is 2.30. The van der Waals surface area contributed by atoms with E-state index in [-0.39, 0.29) is 23.8 Å². The molecule has 0 radical (unpaired) electrons. The first kappa shape index (κ1) is 18.1. The summed E-state index contributed by atoms with van der Waals surface area (Å²) in [5.41, 5.74) is 0. The Morgan fingerprint density at radius 3 is 2.46 bits per heavy atom. The Hall–Kier alpha value is -2.24. The predicted molar refractivity (Wildman–Crippen MR) is 89.2 cm³/mol. The zero-order valence-electron chi connectivity index (χ0n) is 14.2. The molecule has 1 fully saturated rings. The Kier molecular flexibility index (Phi) is 6.46. The second-order valence-corrected chi connectivity index (χ2v) is 6.24. The van der Waals surface area contributed by atoms with Crippen LogP contribution in [0.15, 0.2) is 24.3 Å². The highest BCUT2D eigenvalue weighted by Crippen LogP contribution is 2.29. The van der Waals surface area contributed by atoms with Crippen LogP contribution in [0.25, 0.3) is 0 Å². The number of hydrogen-bond acceptors (Lipinski definition) is 4. The molecule has 2 rings (SSSR count). The number of carboxylic acids is 1. The van der Waals surface area contributed by atoms with Crippen LogP contribution < -0.4 is 14.8 Å². The van der Waals surface area contributed by atoms with Gasteiger partial charge in [0, 0.05) is 12.0 Å². The molecule has 0 aromatic heterocycles. The van der Waals surface area contributed by atoms with Crippen molar-refractivity contribution in [2.24, 2.45) is 11.8 Å². The maximum atomic E-state index is 12.2. The fourth-order valence-electron chi connectivity index (χ4n) is 2.94. The van der Waals surface area contributed by atoms with Gasteiger partial charge in [-0.3, -0.25) is 9.59 Å². The third-order valence-corrected chi connectivity index (χ3v) is 4.39. The number of nitrogens with one attached hydrogen (secondary N) is 1. The average Bonchev–Trinajstić information content (AvgIpc) is 2.60. The van der Waals surface area contributed by atoms with Crippen LogP contribution in [0.1, 0.15) is 32.6 Å². The van der Waals surface area contributed by atoms with Crippen molar-refractivity contribution < 1.29 is 24.2 Å². The van der Waals surface area contributed by atoms with Crippen LogP contribution in [0.4, 0.5) is 0 Å². The van der Waals surface area contributed by atoms with E-state index in [1.807, 2.05) is 25.1 Å². The van der Waals surface area contributed by atoms with E-state index in [0.717, 1.165) is 5.75 Å². The molecule has 0 aliphatic heterocycles. The summed E-state index contributed by atoms with van der Waals surface area (Å²) in [5, 5.41) is 11.9. The monoisotopic (exact) mass is 335 g/mol. The molecule has 0 saturated heterocycles. The number of amides is 1. The molecule has 1 aromatic carbocycles. The number of carbonyl (C=O) groups is 2. The zero-order chi connectivity index (χ0) is 17.5. The van der Waals surface area contributed by atoms with Crippen LogP contribution in [-0.2, 0) is 9.59 Å². The lowest BCUT2D eigenvalue weighted by Gasteiger charge is -2.25. The van der Waals surface area contributed by atoms with E-state index in [1.165, 1.54) is 0 Å². The zero-order valence-corrected chi connectivity index (χ0v) is 14.2. The van der Waals surface area contributed by atoms with Crippen LogP contribution in [0.2, 0.25) is 0 Å². The highest BCUT2D eigenvalue weighted by atomic mass is 16.5. The average molecular weight is 335 g/mol. The van der Waals surface area contributed by atoms with Crippen molar-refractivity contribution >= 4 is 11.9 Å². The summed E-state index contributed by atoms with van der Waals surface area (Å²) in [5.74, 6) is 0.250. The van der Waals surface area contributed by atoms with Gasteiger partial charge in [0.25, 0.3) is 0 Å². The number of carboxylic acid groups (broad SMARTS) is 1. The Labute approximate surface area is 142 Å². The van der Waals surface area contributed by atoms with Gasteiger partial charge in [0.05, 0.1) is 19.6 Å². The molecule has 0 bridgehead atoms. The van der Waals surface area contributed by atoms with E-state index in [4.69, 9.17) is 14.6 Å². The summed E-state index contributed by atoms with van der Waals surface area (Å²) in [6, 6.07) is 7.33. The van der Waals surface area contributed by atoms with Crippen LogP contribution in [0.5, 0.6) is 11.5 Å². The van der Waals surface area contributed by atoms with E-state index in [0.29, 0.717) is 38.0 Å². The summed E-state index contributed by atoms with van der Waals surface area (Å²) in [7, 11) is 1.60. The number of carbonyl (C=O) groups excluding carboxylic acids is 1. The minimum absolute atomic E-state index is 0.0140. The molecule has 1 unspecified atom stereocenters. The quantitative estimate of drug-likeness (QED) is 0.799. The van der Waals surface area contributed by atoms with Gasteiger partial charge in [0.2, 0.25) is 5.91 Å². The van der Waals surface area contributed by atoms with Crippen LogP contribution in [0, 0.1) is 11.8 Å². The molecule has 6 nitrogen and oxygen atoms in total. The smallest absolute Gasteiger partial charge is 0.306 e. The highest BCUT2D eigenvalue weighted by Gasteiger charge is 2.29. The van der Waals surface area contributed by atoms with Gasteiger partial charge < -0.3 is 19.9 Å². The molecule has 132 valence electrons. The van der Waals surface area contributed by atoms with Crippen molar-refractivity contribution in [2.45, 2.75) is 38.7 Å². The van der Waals surface area contributed by atoms with Crippen molar-refractivity contribution in [3.8, 4) is 11.5 Å². The van der Waals surface area contributed by atoms with Crippen molar-refractivity contribution in [1.29, 1.82) is 0 Å². The fraction of sp³-hybridized carbons (Fsp3) is 0.556. The lowest BCUT2D eigenvalue weighted by molar-refractivity contribution is -0.144. The first-order valence-electron chi connectivity index (χ1n) is 8.30. The molecule has 1 aliphatic rings. The van der Waals surface area contributed by atoms with Gasteiger partial charge in [-0.15, -0.1) is 0 Å². The van der Waals surface area contributed by atoms with Crippen molar-refractivity contribution in [3.63, 3.8) is 0 Å². The van der Waals surface area contributed by atoms with Crippen LogP contribution in [0.3, 0.4) is 0 Å². The Morgan fingerprint density at radius 1 is 1.21 bits per heavy atom. The standard InChI is InChI=1S/C18H25NO5/c1-12(24-16-5-3-4-15(10-16)23-2)11-19-17(20)13-6-8-14(9-7-13)18(21)22/h3-5,10,12-14H,6-9,11H2,1-2H3,(H,19,20)(H,21,22).